The molecule has 162 valence electrons. The van der Waals surface area contributed by atoms with Gasteiger partial charge < -0.3 is 4.74 Å². The summed E-state index contributed by atoms with van der Waals surface area (Å²) in [5.41, 5.74) is 0.337. The van der Waals surface area contributed by atoms with E-state index in [1.165, 1.54) is 30.5 Å². The first-order valence-electron chi connectivity index (χ1n) is 9.09. The van der Waals surface area contributed by atoms with Gasteiger partial charge in [-0.3, -0.25) is 4.72 Å². The second-order valence-corrected chi connectivity index (χ2v) is 8.93. The average Bonchev–Trinajstić information content (AvgIpc) is 2.73. The van der Waals surface area contributed by atoms with Crippen LogP contribution in [0.2, 0.25) is 5.02 Å². The first-order chi connectivity index (χ1) is 14.6. The fraction of sp³-hybridized carbons (Fsp3) is 0.200. The van der Waals surface area contributed by atoms with Gasteiger partial charge in [0, 0.05) is 28.8 Å². The number of fused-ring (bicyclic) bond motifs is 1. The van der Waals surface area contributed by atoms with Gasteiger partial charge in [-0.1, -0.05) is 23.7 Å². The lowest BCUT2D eigenvalue weighted by molar-refractivity contribution is -0.137. The van der Waals surface area contributed by atoms with Gasteiger partial charge in [0.2, 0.25) is 0 Å². The van der Waals surface area contributed by atoms with E-state index in [4.69, 9.17) is 16.3 Å². The third-order valence-corrected chi connectivity index (χ3v) is 6.53. The van der Waals surface area contributed by atoms with Crippen LogP contribution in [0.5, 0.6) is 5.75 Å². The Balaban J connectivity index is 1.66. The highest BCUT2D eigenvalue weighted by atomic mass is 35.5. The summed E-state index contributed by atoms with van der Waals surface area (Å²) in [6.45, 7) is 0.260. The maximum atomic E-state index is 12.9. The molecule has 2 heterocycles. The van der Waals surface area contributed by atoms with Crippen LogP contribution in [-0.2, 0) is 16.2 Å². The van der Waals surface area contributed by atoms with E-state index in [1.54, 1.807) is 12.1 Å². The maximum Gasteiger partial charge on any atom is 0.416 e. The first kappa shape index (κ1) is 21.4. The average molecular weight is 470 g/mol. The van der Waals surface area contributed by atoms with Crippen LogP contribution in [0, 0.1) is 0 Å². The van der Waals surface area contributed by atoms with Crippen molar-refractivity contribution in [3.63, 3.8) is 0 Å². The van der Waals surface area contributed by atoms with Crippen LogP contribution in [-0.4, -0.2) is 25.2 Å². The number of hydrogen-bond donors (Lipinski definition) is 1. The zero-order valence-corrected chi connectivity index (χ0v) is 17.3. The zero-order chi connectivity index (χ0) is 22.2. The number of halogens is 4. The number of nitrogens with one attached hydrogen (secondary N) is 1. The van der Waals surface area contributed by atoms with E-state index in [0.29, 0.717) is 23.3 Å². The largest absolute Gasteiger partial charge is 0.493 e. The predicted octanol–water partition coefficient (Wildman–Crippen LogP) is 4.86. The number of anilines is 1. The lowest BCUT2D eigenvalue weighted by Gasteiger charge is -2.27. The molecule has 0 aliphatic carbocycles. The molecule has 0 spiro atoms. The molecule has 0 radical (unpaired) electrons. The minimum Gasteiger partial charge on any atom is -0.493 e. The zero-order valence-electron chi connectivity index (χ0n) is 15.7. The number of nitrogens with zero attached hydrogens (tertiary/aromatic N) is 2. The van der Waals surface area contributed by atoms with E-state index in [2.05, 4.69) is 14.9 Å². The Bertz CT molecular complexity index is 1220. The van der Waals surface area contributed by atoms with Crippen molar-refractivity contribution in [1.82, 2.24) is 10.2 Å². The minimum absolute atomic E-state index is 0.00584. The van der Waals surface area contributed by atoms with Crippen LogP contribution in [0.4, 0.5) is 19.0 Å². The normalized spacial score (nSPS) is 16.3. The van der Waals surface area contributed by atoms with Gasteiger partial charge in [0.25, 0.3) is 10.0 Å². The van der Waals surface area contributed by atoms with E-state index in [1.807, 2.05) is 0 Å². The summed E-state index contributed by atoms with van der Waals surface area (Å²) in [5.74, 6) is 0.0630. The van der Waals surface area contributed by atoms with E-state index >= 15 is 0 Å². The molecular weight excluding hydrogens is 455 g/mol. The molecule has 1 aliphatic rings. The highest BCUT2D eigenvalue weighted by Gasteiger charge is 2.33. The van der Waals surface area contributed by atoms with Gasteiger partial charge in [0.1, 0.15) is 5.75 Å². The Kier molecular flexibility index (Phi) is 5.52. The molecule has 0 saturated carbocycles. The van der Waals surface area contributed by atoms with E-state index in [0.717, 1.165) is 12.1 Å². The smallest absolute Gasteiger partial charge is 0.416 e. The number of hydrogen-bond acceptors (Lipinski definition) is 5. The molecule has 1 N–H and O–H groups in total. The molecule has 2 aromatic carbocycles. The quantitative estimate of drug-likeness (QED) is 0.590. The molecule has 4 rings (SSSR count). The van der Waals surface area contributed by atoms with Crippen molar-refractivity contribution in [1.29, 1.82) is 0 Å². The van der Waals surface area contributed by atoms with E-state index < -0.39 is 21.8 Å². The molecule has 3 aromatic rings. The minimum atomic E-state index is -4.49. The van der Waals surface area contributed by atoms with Gasteiger partial charge >= 0.3 is 6.18 Å². The highest BCUT2D eigenvalue weighted by molar-refractivity contribution is 7.92. The van der Waals surface area contributed by atoms with Crippen molar-refractivity contribution < 1.29 is 26.3 Å². The Morgan fingerprint density at radius 1 is 1.10 bits per heavy atom. The molecule has 1 aromatic heterocycles. The SMILES string of the molecule is O=S(=O)(Nc1cccnn1)c1ccc2c(c1)OCCC2c1ccc(C(F)(F)F)cc1Cl. The first-order valence-corrected chi connectivity index (χ1v) is 11.0. The number of sulfonamides is 1. The topological polar surface area (TPSA) is 81.2 Å². The van der Waals surface area contributed by atoms with Crippen molar-refractivity contribution in [2.75, 3.05) is 11.3 Å². The highest BCUT2D eigenvalue weighted by Crippen LogP contribution is 2.43. The summed E-state index contributed by atoms with van der Waals surface area (Å²) in [6.07, 6.45) is -2.59. The molecular formula is C20H15ClF3N3O3S. The summed E-state index contributed by atoms with van der Waals surface area (Å²) in [4.78, 5) is -0.0453. The van der Waals surface area contributed by atoms with Gasteiger partial charge in [-0.15, -0.1) is 5.10 Å². The molecule has 1 atom stereocenters. The van der Waals surface area contributed by atoms with Crippen molar-refractivity contribution in [2.45, 2.75) is 23.4 Å². The molecule has 0 amide bonds. The fourth-order valence-electron chi connectivity index (χ4n) is 3.40. The van der Waals surface area contributed by atoms with Crippen LogP contribution in [0.25, 0.3) is 0 Å². The number of rotatable bonds is 4. The monoisotopic (exact) mass is 469 g/mol. The number of alkyl halides is 3. The second kappa shape index (κ2) is 8.01. The van der Waals surface area contributed by atoms with Crippen molar-refractivity contribution in [3.8, 4) is 5.75 Å². The third kappa shape index (κ3) is 4.45. The summed E-state index contributed by atoms with van der Waals surface area (Å²) in [5, 5.41) is 7.31. The fourth-order valence-corrected chi connectivity index (χ4v) is 4.72. The molecule has 11 heteroatoms. The second-order valence-electron chi connectivity index (χ2n) is 6.84. The van der Waals surface area contributed by atoms with Gasteiger partial charge in [-0.2, -0.15) is 18.3 Å². The predicted molar refractivity (Wildman–Crippen MR) is 108 cm³/mol. The summed E-state index contributed by atoms with van der Waals surface area (Å²) >= 11 is 6.17. The Hall–Kier alpha value is -2.85. The maximum absolute atomic E-state index is 12.9. The van der Waals surface area contributed by atoms with Crippen molar-refractivity contribution in [2.24, 2.45) is 0 Å². The van der Waals surface area contributed by atoms with Gasteiger partial charge in [0.05, 0.1) is 17.1 Å². The van der Waals surface area contributed by atoms with Gasteiger partial charge in [0.15, 0.2) is 5.82 Å². The Morgan fingerprint density at radius 2 is 1.87 bits per heavy atom. The lowest BCUT2D eigenvalue weighted by Crippen LogP contribution is -2.18. The molecule has 0 fully saturated rings. The Morgan fingerprint density at radius 3 is 2.55 bits per heavy atom. The van der Waals surface area contributed by atoms with Crippen molar-refractivity contribution >= 4 is 27.4 Å². The molecule has 1 aliphatic heterocycles. The molecule has 31 heavy (non-hydrogen) atoms. The van der Waals surface area contributed by atoms with E-state index in [9.17, 15) is 21.6 Å². The lowest BCUT2D eigenvalue weighted by atomic mass is 9.86. The molecule has 0 saturated heterocycles. The molecule has 1 unspecified atom stereocenters. The summed E-state index contributed by atoms with van der Waals surface area (Å²) < 4.78 is 72.1. The third-order valence-electron chi connectivity index (χ3n) is 4.85. The number of benzene rings is 2. The van der Waals surface area contributed by atoms with E-state index in [-0.39, 0.29) is 28.3 Å². The van der Waals surface area contributed by atoms with Crippen LogP contribution in [0.15, 0.2) is 59.6 Å². The molecule has 6 nitrogen and oxygen atoms in total. The number of ether oxygens (including phenoxy) is 1. The van der Waals surface area contributed by atoms with Crippen molar-refractivity contribution in [3.05, 3.63) is 76.4 Å². The van der Waals surface area contributed by atoms with Gasteiger partial charge in [-0.25, -0.2) is 8.42 Å². The summed E-state index contributed by atoms with van der Waals surface area (Å²) in [7, 11) is -3.94. The Labute approximate surface area is 181 Å². The standard InChI is InChI=1S/C20H15ClF3N3O3S/c21-17-10-12(20(22,23)24)3-5-15(17)14-7-9-30-18-11-13(4-6-16(14)18)31(28,29)27-19-2-1-8-25-26-19/h1-6,8,10-11,14H,7,9H2,(H,26,27). The van der Waals surface area contributed by atoms with Crippen LogP contribution < -0.4 is 9.46 Å². The summed E-state index contributed by atoms with van der Waals surface area (Å²) in [6, 6.07) is 10.6. The van der Waals surface area contributed by atoms with Gasteiger partial charge in [-0.05, 0) is 42.3 Å². The van der Waals surface area contributed by atoms with Crippen LogP contribution >= 0.6 is 11.6 Å². The van der Waals surface area contributed by atoms with Crippen LogP contribution in [0.3, 0.4) is 0 Å². The molecule has 0 bridgehead atoms. The van der Waals surface area contributed by atoms with Crippen LogP contribution in [0.1, 0.15) is 29.0 Å². The number of aromatic nitrogens is 2.